The van der Waals surface area contributed by atoms with Crippen LogP contribution in [0.4, 0.5) is 11.4 Å². The Morgan fingerprint density at radius 2 is 2.18 bits per heavy atom. The van der Waals surface area contributed by atoms with Crippen molar-refractivity contribution in [2.24, 2.45) is 0 Å². The molecule has 0 radical (unpaired) electrons. The van der Waals surface area contributed by atoms with Gasteiger partial charge in [0, 0.05) is 11.1 Å². The van der Waals surface area contributed by atoms with Crippen LogP contribution in [0, 0.1) is 21.4 Å². The first-order chi connectivity index (χ1) is 7.85. The van der Waals surface area contributed by atoms with E-state index in [1.807, 2.05) is 4.72 Å². The molecule has 0 amide bonds. The van der Waals surface area contributed by atoms with Crippen LogP contribution < -0.4 is 4.72 Å². The summed E-state index contributed by atoms with van der Waals surface area (Å²) in [5.74, 6) is -0.785. The summed E-state index contributed by atoms with van der Waals surface area (Å²) in [6.07, 6.45) is 0. The molecule has 0 saturated carbocycles. The fraction of sp³-hybridized carbons (Fsp3) is 0.125. The van der Waals surface area contributed by atoms with Gasteiger partial charge in [-0.2, -0.15) is 5.26 Å². The minimum absolute atomic E-state index is 0.111. The highest BCUT2D eigenvalue weighted by Gasteiger charge is 2.19. The molecular formula is C8H6ClN3O4S. The quantitative estimate of drug-likeness (QED) is 0.661. The number of anilines is 1. The van der Waals surface area contributed by atoms with Crippen molar-refractivity contribution in [2.75, 3.05) is 10.5 Å². The first-order valence-electron chi connectivity index (χ1n) is 4.17. The van der Waals surface area contributed by atoms with E-state index in [9.17, 15) is 18.5 Å². The Hall–Kier alpha value is -1.85. The van der Waals surface area contributed by atoms with E-state index in [0.717, 1.165) is 12.1 Å². The van der Waals surface area contributed by atoms with Gasteiger partial charge >= 0.3 is 0 Å². The molecule has 0 aromatic heterocycles. The molecule has 1 rings (SSSR count). The van der Waals surface area contributed by atoms with E-state index < -0.39 is 26.4 Å². The molecule has 9 heteroatoms. The lowest BCUT2D eigenvalue weighted by Gasteiger charge is -2.05. The lowest BCUT2D eigenvalue weighted by atomic mass is 10.3. The molecule has 0 atom stereocenters. The zero-order chi connectivity index (χ0) is 13.1. The smallest absolute Gasteiger partial charge is 0.276 e. The van der Waals surface area contributed by atoms with Gasteiger partial charge in [0.1, 0.15) is 5.69 Å². The maximum absolute atomic E-state index is 11.3. The largest absolute Gasteiger partial charge is 0.294 e. The number of sulfonamides is 1. The standard InChI is InChI=1S/C8H6ClN3O4S/c9-6-1-2-7(8(5-6)12(13)14)11-17(15,16)4-3-10/h1-2,5,11H,4H2. The first-order valence-corrected chi connectivity index (χ1v) is 6.20. The minimum Gasteiger partial charge on any atom is -0.276 e. The third-order valence-corrected chi connectivity index (χ3v) is 2.95. The van der Waals surface area contributed by atoms with Gasteiger partial charge in [0.15, 0.2) is 5.75 Å². The Kier molecular flexibility index (Phi) is 3.88. The Labute approximate surface area is 102 Å². The van der Waals surface area contributed by atoms with E-state index in [1.165, 1.54) is 12.1 Å². The average Bonchev–Trinajstić information content (AvgIpc) is 2.20. The van der Waals surface area contributed by atoms with Crippen molar-refractivity contribution in [1.29, 1.82) is 5.26 Å². The van der Waals surface area contributed by atoms with Crippen molar-refractivity contribution < 1.29 is 13.3 Å². The highest BCUT2D eigenvalue weighted by Crippen LogP contribution is 2.28. The highest BCUT2D eigenvalue weighted by atomic mass is 35.5. The van der Waals surface area contributed by atoms with Crippen LogP contribution in [-0.4, -0.2) is 19.1 Å². The second-order valence-electron chi connectivity index (χ2n) is 2.94. The molecule has 90 valence electrons. The molecule has 0 fully saturated rings. The van der Waals surface area contributed by atoms with Crippen LogP contribution in [0.5, 0.6) is 0 Å². The molecule has 1 aromatic carbocycles. The van der Waals surface area contributed by atoms with Crippen LogP contribution in [0.1, 0.15) is 0 Å². The van der Waals surface area contributed by atoms with Gasteiger partial charge in [0.05, 0.1) is 11.0 Å². The molecule has 1 aromatic rings. The number of nitrogens with zero attached hydrogens (tertiary/aromatic N) is 2. The first kappa shape index (κ1) is 13.2. The SMILES string of the molecule is N#CCS(=O)(=O)Nc1ccc(Cl)cc1[N+](=O)[O-]. The van der Waals surface area contributed by atoms with Crippen LogP contribution in [0.3, 0.4) is 0 Å². The summed E-state index contributed by atoms with van der Waals surface area (Å²) < 4.78 is 24.5. The summed E-state index contributed by atoms with van der Waals surface area (Å²) in [6.45, 7) is 0. The summed E-state index contributed by atoms with van der Waals surface area (Å²) in [5, 5.41) is 19.1. The van der Waals surface area contributed by atoms with Crippen molar-refractivity contribution >= 4 is 33.0 Å². The molecule has 0 saturated heterocycles. The summed E-state index contributed by atoms with van der Waals surface area (Å²) in [4.78, 5) is 9.90. The van der Waals surface area contributed by atoms with Crippen LogP contribution in [0.25, 0.3) is 0 Å². The molecule has 0 spiro atoms. The number of rotatable bonds is 4. The predicted molar refractivity (Wildman–Crippen MR) is 61.1 cm³/mol. The fourth-order valence-electron chi connectivity index (χ4n) is 1.03. The number of nitrogens with one attached hydrogen (secondary N) is 1. The lowest BCUT2D eigenvalue weighted by Crippen LogP contribution is -2.16. The van der Waals surface area contributed by atoms with E-state index in [0.29, 0.717) is 0 Å². The molecule has 0 aliphatic rings. The Morgan fingerprint density at radius 1 is 1.53 bits per heavy atom. The molecule has 0 bridgehead atoms. The van der Waals surface area contributed by atoms with Crippen LogP contribution in [-0.2, 0) is 10.0 Å². The van der Waals surface area contributed by atoms with Gasteiger partial charge in [0.2, 0.25) is 10.0 Å². The normalized spacial score (nSPS) is 10.6. The van der Waals surface area contributed by atoms with E-state index in [4.69, 9.17) is 16.9 Å². The molecule has 7 nitrogen and oxygen atoms in total. The Bertz CT molecular complexity index is 593. The third kappa shape index (κ3) is 3.58. The molecule has 17 heavy (non-hydrogen) atoms. The van der Waals surface area contributed by atoms with Gasteiger partial charge in [-0.3, -0.25) is 14.8 Å². The number of hydrogen-bond acceptors (Lipinski definition) is 5. The number of nitro benzene ring substituents is 1. The minimum atomic E-state index is -3.91. The van der Waals surface area contributed by atoms with E-state index in [-0.39, 0.29) is 10.7 Å². The predicted octanol–water partition coefficient (Wildman–Crippen LogP) is 1.51. The highest BCUT2D eigenvalue weighted by molar-refractivity contribution is 7.92. The zero-order valence-electron chi connectivity index (χ0n) is 8.25. The average molecular weight is 276 g/mol. The molecular weight excluding hydrogens is 270 g/mol. The number of benzene rings is 1. The molecule has 0 heterocycles. The summed E-state index contributed by atoms with van der Waals surface area (Å²) in [6, 6.07) is 4.93. The maximum Gasteiger partial charge on any atom is 0.294 e. The van der Waals surface area contributed by atoms with E-state index >= 15 is 0 Å². The van der Waals surface area contributed by atoms with Gasteiger partial charge in [-0.15, -0.1) is 0 Å². The van der Waals surface area contributed by atoms with Gasteiger partial charge < -0.3 is 0 Å². The van der Waals surface area contributed by atoms with Crippen LogP contribution >= 0.6 is 11.6 Å². The van der Waals surface area contributed by atoms with Crippen molar-refractivity contribution in [3.63, 3.8) is 0 Å². The summed E-state index contributed by atoms with van der Waals surface area (Å²) in [5.41, 5.74) is -0.700. The zero-order valence-corrected chi connectivity index (χ0v) is 9.83. The number of hydrogen-bond donors (Lipinski definition) is 1. The second kappa shape index (κ2) is 4.99. The fourth-order valence-corrected chi connectivity index (χ4v) is 1.95. The molecule has 0 aliphatic heterocycles. The summed E-state index contributed by atoms with van der Waals surface area (Å²) in [7, 11) is -3.91. The lowest BCUT2D eigenvalue weighted by molar-refractivity contribution is -0.383. The Morgan fingerprint density at radius 3 is 2.71 bits per heavy atom. The maximum atomic E-state index is 11.3. The molecule has 0 aliphatic carbocycles. The van der Waals surface area contributed by atoms with Gasteiger partial charge in [0.25, 0.3) is 5.69 Å². The van der Waals surface area contributed by atoms with Crippen LogP contribution in [0.15, 0.2) is 18.2 Å². The topological polar surface area (TPSA) is 113 Å². The number of nitro groups is 1. The van der Waals surface area contributed by atoms with Crippen molar-refractivity contribution in [3.05, 3.63) is 33.3 Å². The van der Waals surface area contributed by atoms with Crippen molar-refractivity contribution in [2.45, 2.75) is 0 Å². The van der Waals surface area contributed by atoms with E-state index in [1.54, 1.807) is 0 Å². The van der Waals surface area contributed by atoms with Gasteiger partial charge in [-0.05, 0) is 12.1 Å². The van der Waals surface area contributed by atoms with Crippen molar-refractivity contribution in [3.8, 4) is 6.07 Å². The Balaban J connectivity index is 3.16. The third-order valence-electron chi connectivity index (χ3n) is 1.68. The van der Waals surface area contributed by atoms with Crippen molar-refractivity contribution in [1.82, 2.24) is 0 Å². The van der Waals surface area contributed by atoms with E-state index in [2.05, 4.69) is 0 Å². The van der Waals surface area contributed by atoms with Crippen LogP contribution in [0.2, 0.25) is 5.02 Å². The molecule has 0 unspecified atom stereocenters. The van der Waals surface area contributed by atoms with Gasteiger partial charge in [-0.1, -0.05) is 11.6 Å². The molecule has 1 N–H and O–H groups in total. The monoisotopic (exact) mass is 275 g/mol. The summed E-state index contributed by atoms with van der Waals surface area (Å²) >= 11 is 5.56. The second-order valence-corrected chi connectivity index (χ2v) is 5.10. The van der Waals surface area contributed by atoms with Gasteiger partial charge in [-0.25, -0.2) is 8.42 Å². The number of nitriles is 1. The number of halogens is 1.